The Kier molecular flexibility index (Phi) is 11.5. The number of aromatic nitrogens is 4. The number of methoxy groups -OCH3 is 4. The summed E-state index contributed by atoms with van der Waals surface area (Å²) in [5, 5.41) is 16.9. The first-order chi connectivity index (χ1) is 27.8. The molecule has 0 amide bonds. The van der Waals surface area contributed by atoms with E-state index < -0.39 is 18.4 Å². The summed E-state index contributed by atoms with van der Waals surface area (Å²) in [7, 11) is 8.72. The molecule has 2 N–H and O–H groups in total. The van der Waals surface area contributed by atoms with Crippen molar-refractivity contribution >= 4 is 33.6 Å². The van der Waals surface area contributed by atoms with Crippen LogP contribution in [0.25, 0.3) is 21.9 Å². The van der Waals surface area contributed by atoms with Gasteiger partial charge in [0.1, 0.15) is 59.8 Å². The van der Waals surface area contributed by atoms with E-state index in [2.05, 4.69) is 33.1 Å². The molecule has 3 aromatic heterocycles. The maximum absolute atomic E-state index is 11.3. The van der Waals surface area contributed by atoms with Gasteiger partial charge in [0.15, 0.2) is 0 Å². The Morgan fingerprint density at radius 2 is 1.77 bits per heavy atom. The van der Waals surface area contributed by atoms with E-state index in [-0.39, 0.29) is 12.7 Å². The number of pyridine rings is 1. The van der Waals surface area contributed by atoms with Crippen molar-refractivity contribution in [3.8, 4) is 17.2 Å². The van der Waals surface area contributed by atoms with Crippen molar-refractivity contribution in [1.82, 2.24) is 19.5 Å². The van der Waals surface area contributed by atoms with E-state index in [1.54, 1.807) is 34.8 Å². The third-order valence-electron chi connectivity index (χ3n) is 11.6. The van der Waals surface area contributed by atoms with Crippen LogP contribution in [0.3, 0.4) is 0 Å². The van der Waals surface area contributed by atoms with E-state index in [0.29, 0.717) is 37.6 Å². The van der Waals surface area contributed by atoms with E-state index in [9.17, 15) is 5.11 Å². The molecule has 2 aliphatic carbocycles. The molecule has 13 nitrogen and oxygen atoms in total. The van der Waals surface area contributed by atoms with E-state index in [1.807, 2.05) is 55.6 Å². The lowest BCUT2D eigenvalue weighted by Gasteiger charge is -2.24. The van der Waals surface area contributed by atoms with Gasteiger partial charge in [-0.2, -0.15) is 0 Å². The monoisotopic (exact) mass is 776 g/mol. The number of anilines is 2. The van der Waals surface area contributed by atoms with Gasteiger partial charge >= 0.3 is 0 Å². The number of aliphatic hydroxyl groups excluding tert-OH is 1. The molecule has 13 heteroatoms. The van der Waals surface area contributed by atoms with Gasteiger partial charge < -0.3 is 48.3 Å². The van der Waals surface area contributed by atoms with Gasteiger partial charge in [0.2, 0.25) is 0 Å². The van der Waals surface area contributed by atoms with E-state index in [0.717, 1.165) is 74.8 Å². The number of fused-ring (bicyclic) bond motifs is 2. The minimum absolute atomic E-state index is 0.0768. The lowest BCUT2D eigenvalue weighted by molar-refractivity contribution is -0.0379. The zero-order valence-electron chi connectivity index (χ0n) is 33.3. The first-order valence-electron chi connectivity index (χ1n) is 19.7. The molecule has 2 aromatic carbocycles. The Balaban J connectivity index is 0.970. The van der Waals surface area contributed by atoms with Crippen molar-refractivity contribution in [2.75, 3.05) is 58.9 Å². The standard InChI is InChI=1S/C44H52N6O7/c1-49(23-30-12-15-32(53-3)20-38(30)55-5)40-17-13-28-10-16-33(18-35(28)48-40)56-25-39-36(51)21-41(57-39)50-24-34(27-8-6-7-9-27)42-43(46-26-47-44(42)50)45-22-29-11-14-31(52-2)19-37(29)54-4/h10-18,20,24,26-27,36-37,39,41,51H,6-9,19,21-23,25H2,1-5H3,(H,45,46,47)/t36-,37?,39?,41?/m0/s1. The minimum atomic E-state index is -0.718. The molecule has 0 radical (unpaired) electrons. The predicted molar refractivity (Wildman–Crippen MR) is 219 cm³/mol. The lowest BCUT2D eigenvalue weighted by Crippen LogP contribution is -2.28. The van der Waals surface area contributed by atoms with Gasteiger partial charge in [-0.05, 0) is 72.4 Å². The second kappa shape index (κ2) is 17.0. The number of hydrogen-bond acceptors (Lipinski definition) is 12. The Labute approximate surface area is 333 Å². The van der Waals surface area contributed by atoms with E-state index >= 15 is 0 Å². The lowest BCUT2D eigenvalue weighted by atomic mass is 9.97. The first kappa shape index (κ1) is 38.5. The molecule has 4 atom stereocenters. The fourth-order valence-corrected chi connectivity index (χ4v) is 8.37. The highest BCUT2D eigenvalue weighted by Gasteiger charge is 2.37. The molecular formula is C44H52N6O7. The van der Waals surface area contributed by atoms with Crippen LogP contribution in [0.15, 0.2) is 84.5 Å². The SMILES string of the molecule is COC1=CC=C(CNc2ncnc3c2c(C2CCCC2)cn3C2C[C@H](O)C(COc3ccc4ccc(N(C)Cc5ccc(OC)cc5OC)nc4c3)O2)C(OC)C1. The molecule has 1 aliphatic heterocycles. The number of ether oxygens (including phenoxy) is 6. The van der Waals surface area contributed by atoms with Gasteiger partial charge in [-0.15, -0.1) is 0 Å². The molecular weight excluding hydrogens is 725 g/mol. The van der Waals surface area contributed by atoms with Crippen LogP contribution in [-0.2, 0) is 20.8 Å². The normalized spacial score (nSPS) is 21.1. The summed E-state index contributed by atoms with van der Waals surface area (Å²) in [6, 6.07) is 15.7. The molecule has 3 aliphatic rings. The van der Waals surface area contributed by atoms with Crippen LogP contribution >= 0.6 is 0 Å². The van der Waals surface area contributed by atoms with Crippen LogP contribution in [-0.4, -0.2) is 91.6 Å². The fourth-order valence-electron chi connectivity index (χ4n) is 8.37. The summed E-state index contributed by atoms with van der Waals surface area (Å²) in [4.78, 5) is 16.6. The second-order valence-electron chi connectivity index (χ2n) is 15.1. The molecule has 5 aromatic rings. The highest BCUT2D eigenvalue weighted by molar-refractivity contribution is 5.91. The zero-order chi connectivity index (χ0) is 39.5. The molecule has 1 saturated carbocycles. The van der Waals surface area contributed by atoms with E-state index in [1.165, 1.54) is 18.4 Å². The average Bonchev–Trinajstić information content (AvgIpc) is 4.01. The highest BCUT2D eigenvalue weighted by Crippen LogP contribution is 2.43. The molecule has 57 heavy (non-hydrogen) atoms. The summed E-state index contributed by atoms with van der Waals surface area (Å²) < 4.78 is 37.2. The number of hydrogen-bond donors (Lipinski definition) is 2. The molecule has 300 valence electrons. The molecule has 3 unspecified atom stereocenters. The topological polar surface area (TPSA) is 134 Å². The van der Waals surface area contributed by atoms with Crippen LogP contribution in [0.1, 0.15) is 61.8 Å². The molecule has 2 fully saturated rings. The Morgan fingerprint density at radius 1 is 0.947 bits per heavy atom. The fraction of sp³-hybridized carbons (Fsp3) is 0.432. The zero-order valence-corrected chi connectivity index (χ0v) is 33.3. The van der Waals surface area contributed by atoms with Crippen LogP contribution in [0.4, 0.5) is 11.6 Å². The summed E-state index contributed by atoms with van der Waals surface area (Å²) >= 11 is 0. The van der Waals surface area contributed by atoms with Crippen molar-refractivity contribution in [1.29, 1.82) is 0 Å². The summed E-state index contributed by atoms with van der Waals surface area (Å²) in [6.07, 6.45) is 11.9. The maximum atomic E-state index is 11.3. The smallest absolute Gasteiger partial charge is 0.147 e. The third-order valence-corrected chi connectivity index (χ3v) is 11.6. The minimum Gasteiger partial charge on any atom is -0.501 e. The van der Waals surface area contributed by atoms with Crippen LogP contribution < -0.4 is 24.4 Å². The number of rotatable bonds is 15. The van der Waals surface area contributed by atoms with E-state index in [4.69, 9.17) is 43.4 Å². The van der Waals surface area contributed by atoms with Gasteiger partial charge in [0.25, 0.3) is 0 Å². The van der Waals surface area contributed by atoms with Crippen molar-refractivity contribution in [3.63, 3.8) is 0 Å². The van der Waals surface area contributed by atoms with Crippen LogP contribution in [0, 0.1) is 0 Å². The largest absolute Gasteiger partial charge is 0.501 e. The number of allylic oxidation sites excluding steroid dienone is 2. The van der Waals surface area contributed by atoms with Gasteiger partial charge in [0.05, 0.1) is 50.2 Å². The Hall–Kier alpha value is -5.37. The predicted octanol–water partition coefficient (Wildman–Crippen LogP) is 7.31. The number of benzene rings is 2. The quantitative estimate of drug-likeness (QED) is 0.110. The molecule has 1 saturated heterocycles. The molecule has 0 spiro atoms. The summed E-state index contributed by atoms with van der Waals surface area (Å²) in [5.41, 5.74) is 4.97. The first-order valence-corrected chi connectivity index (χ1v) is 19.7. The second-order valence-corrected chi connectivity index (χ2v) is 15.1. The Morgan fingerprint density at radius 3 is 2.56 bits per heavy atom. The van der Waals surface area contributed by atoms with Crippen molar-refractivity contribution in [2.45, 2.75) is 75.5 Å². The van der Waals surface area contributed by atoms with Crippen LogP contribution in [0.5, 0.6) is 17.2 Å². The third kappa shape index (κ3) is 8.09. The van der Waals surface area contributed by atoms with Gasteiger partial charge in [-0.3, -0.25) is 0 Å². The van der Waals surface area contributed by atoms with Crippen LogP contribution in [0.2, 0.25) is 0 Å². The number of nitrogens with one attached hydrogen (secondary N) is 1. The number of nitrogens with zero attached hydrogens (tertiary/aromatic N) is 5. The summed E-state index contributed by atoms with van der Waals surface area (Å²) in [6.45, 7) is 1.36. The molecule has 0 bridgehead atoms. The van der Waals surface area contributed by atoms with Gasteiger partial charge in [-0.25, -0.2) is 15.0 Å². The molecule has 8 rings (SSSR count). The number of aliphatic hydroxyl groups is 1. The van der Waals surface area contributed by atoms with Gasteiger partial charge in [0, 0.05) is 69.4 Å². The summed E-state index contributed by atoms with van der Waals surface area (Å²) in [5.74, 6) is 5.07. The van der Waals surface area contributed by atoms with Crippen molar-refractivity contribution in [3.05, 3.63) is 95.7 Å². The molecule has 4 heterocycles. The highest BCUT2D eigenvalue weighted by atomic mass is 16.6. The van der Waals surface area contributed by atoms with Gasteiger partial charge in [-0.1, -0.05) is 18.9 Å². The van der Waals surface area contributed by atoms with Crippen molar-refractivity contribution < 1.29 is 33.5 Å². The maximum Gasteiger partial charge on any atom is 0.147 e. The Bertz CT molecular complexity index is 2270. The van der Waals surface area contributed by atoms with Crippen molar-refractivity contribution in [2.24, 2.45) is 0 Å². The average molecular weight is 777 g/mol.